The number of hydrogen-bond donors (Lipinski definition) is 1. The summed E-state index contributed by atoms with van der Waals surface area (Å²) < 4.78 is 3.73. The summed E-state index contributed by atoms with van der Waals surface area (Å²) in [5.41, 5.74) is 1.13. The molecule has 7 nitrogen and oxygen atoms in total. The number of carbonyl (C=O) groups is 2. The summed E-state index contributed by atoms with van der Waals surface area (Å²) in [6.45, 7) is 0.310. The molecule has 8 heteroatoms. The van der Waals surface area contributed by atoms with Gasteiger partial charge in [-0.2, -0.15) is 0 Å². The van der Waals surface area contributed by atoms with Crippen molar-refractivity contribution in [3.8, 4) is 0 Å². The molecule has 1 aliphatic rings. The van der Waals surface area contributed by atoms with E-state index in [4.69, 9.17) is 0 Å². The van der Waals surface area contributed by atoms with E-state index < -0.39 is 0 Å². The average Bonchev–Trinajstić information content (AvgIpc) is 3.28. The lowest BCUT2D eigenvalue weighted by Crippen LogP contribution is -2.43. The zero-order chi connectivity index (χ0) is 16.8. The third-order valence-corrected chi connectivity index (χ3v) is 4.52. The molecule has 0 bridgehead atoms. The van der Waals surface area contributed by atoms with Gasteiger partial charge in [-0.05, 0) is 36.0 Å². The first-order valence-electron chi connectivity index (χ1n) is 7.97. The maximum absolute atomic E-state index is 12.6. The zero-order valence-electron chi connectivity index (χ0n) is 13.2. The van der Waals surface area contributed by atoms with Crippen molar-refractivity contribution in [1.82, 2.24) is 24.8 Å². The van der Waals surface area contributed by atoms with Crippen LogP contribution in [0.15, 0.2) is 29.9 Å². The van der Waals surface area contributed by atoms with Crippen LogP contribution in [0.4, 0.5) is 0 Å². The Labute approximate surface area is 144 Å². The van der Waals surface area contributed by atoms with Gasteiger partial charge in [0.1, 0.15) is 6.54 Å². The summed E-state index contributed by atoms with van der Waals surface area (Å²) in [5, 5.41) is 8.42. The molecule has 0 aliphatic heterocycles. The lowest BCUT2D eigenvalue weighted by atomic mass is 10.2. The first-order chi connectivity index (χ1) is 11.7. The second kappa shape index (κ2) is 7.96. The number of rotatable bonds is 6. The predicted octanol–water partition coefficient (Wildman–Crippen LogP) is 1.63. The van der Waals surface area contributed by atoms with E-state index in [0.29, 0.717) is 6.54 Å². The molecule has 0 unspecified atom stereocenters. The van der Waals surface area contributed by atoms with E-state index >= 15 is 0 Å². The quantitative estimate of drug-likeness (QED) is 0.860. The SMILES string of the molecule is O=C(CN(Cc1cccnc1)C(=O)c1csnn1)NC1CCCC1. The number of carbonyl (C=O) groups excluding carboxylic acids is 2. The summed E-state index contributed by atoms with van der Waals surface area (Å²) in [6.07, 6.45) is 7.68. The maximum Gasteiger partial charge on any atom is 0.276 e. The van der Waals surface area contributed by atoms with Gasteiger partial charge < -0.3 is 10.2 Å². The molecule has 0 radical (unpaired) electrons. The minimum absolute atomic E-state index is 0.00174. The Kier molecular flexibility index (Phi) is 5.47. The van der Waals surface area contributed by atoms with Crippen molar-refractivity contribution in [1.29, 1.82) is 0 Å². The summed E-state index contributed by atoms with van der Waals surface area (Å²) in [6, 6.07) is 3.91. The van der Waals surface area contributed by atoms with E-state index in [1.807, 2.05) is 6.07 Å². The van der Waals surface area contributed by atoms with Crippen molar-refractivity contribution in [2.24, 2.45) is 0 Å². The molecule has 1 fully saturated rings. The monoisotopic (exact) mass is 345 g/mol. The Hall–Kier alpha value is -2.35. The highest BCUT2D eigenvalue weighted by Gasteiger charge is 2.23. The second-order valence-electron chi connectivity index (χ2n) is 5.86. The number of amides is 2. The van der Waals surface area contributed by atoms with Crippen LogP contribution in [0.5, 0.6) is 0 Å². The number of aromatic nitrogens is 3. The summed E-state index contributed by atoms with van der Waals surface area (Å²) in [7, 11) is 0. The number of hydrogen-bond acceptors (Lipinski definition) is 6. The molecule has 0 aromatic carbocycles. The maximum atomic E-state index is 12.6. The van der Waals surface area contributed by atoms with Crippen LogP contribution in [0, 0.1) is 0 Å². The molecule has 0 spiro atoms. The molecule has 1 aliphatic carbocycles. The van der Waals surface area contributed by atoms with E-state index in [9.17, 15) is 9.59 Å². The molecule has 0 atom stereocenters. The molecular formula is C16H19N5O2S. The highest BCUT2D eigenvalue weighted by molar-refractivity contribution is 7.03. The molecule has 3 rings (SSSR count). The third-order valence-electron chi connectivity index (χ3n) is 4.02. The fourth-order valence-electron chi connectivity index (χ4n) is 2.85. The van der Waals surface area contributed by atoms with Gasteiger partial charge in [0.25, 0.3) is 5.91 Å². The van der Waals surface area contributed by atoms with Gasteiger partial charge in [-0.1, -0.05) is 23.4 Å². The topological polar surface area (TPSA) is 88.1 Å². The highest BCUT2D eigenvalue weighted by atomic mass is 32.1. The van der Waals surface area contributed by atoms with Gasteiger partial charge in [0.05, 0.1) is 0 Å². The largest absolute Gasteiger partial charge is 0.352 e. The van der Waals surface area contributed by atoms with Gasteiger partial charge >= 0.3 is 0 Å². The molecular weight excluding hydrogens is 326 g/mol. The van der Waals surface area contributed by atoms with Crippen molar-refractivity contribution in [2.45, 2.75) is 38.3 Å². The van der Waals surface area contributed by atoms with Gasteiger partial charge in [-0.25, -0.2) is 0 Å². The molecule has 2 heterocycles. The first kappa shape index (κ1) is 16.5. The zero-order valence-corrected chi connectivity index (χ0v) is 14.0. The standard InChI is InChI=1S/C16H19N5O2S/c22-15(18-13-5-1-2-6-13)10-21(9-12-4-3-7-17-8-12)16(23)14-11-24-20-19-14/h3-4,7-8,11,13H,1-2,5-6,9-10H2,(H,18,22). The first-order valence-corrected chi connectivity index (χ1v) is 8.80. The summed E-state index contributed by atoms with van der Waals surface area (Å²) in [5.74, 6) is -0.434. The summed E-state index contributed by atoms with van der Waals surface area (Å²) >= 11 is 1.12. The van der Waals surface area contributed by atoms with E-state index in [1.165, 1.54) is 4.90 Å². The van der Waals surface area contributed by atoms with Crippen LogP contribution < -0.4 is 5.32 Å². The molecule has 0 saturated heterocycles. The predicted molar refractivity (Wildman–Crippen MR) is 89.3 cm³/mol. The van der Waals surface area contributed by atoms with Gasteiger partial charge in [0.15, 0.2) is 5.69 Å². The van der Waals surface area contributed by atoms with E-state index in [-0.39, 0.29) is 30.1 Å². The van der Waals surface area contributed by atoms with Crippen LogP contribution >= 0.6 is 11.5 Å². The van der Waals surface area contributed by atoms with Gasteiger partial charge in [-0.3, -0.25) is 14.6 Å². The molecule has 2 aromatic rings. The van der Waals surface area contributed by atoms with Gasteiger partial charge in [-0.15, -0.1) is 5.10 Å². The van der Waals surface area contributed by atoms with Crippen LogP contribution in [0.2, 0.25) is 0 Å². The lowest BCUT2D eigenvalue weighted by Gasteiger charge is -2.22. The van der Waals surface area contributed by atoms with Crippen LogP contribution in [0.3, 0.4) is 0 Å². The smallest absolute Gasteiger partial charge is 0.276 e. The number of pyridine rings is 1. The highest BCUT2D eigenvalue weighted by Crippen LogP contribution is 2.17. The number of nitrogens with one attached hydrogen (secondary N) is 1. The molecule has 1 saturated carbocycles. The minimum atomic E-state index is -0.297. The molecule has 24 heavy (non-hydrogen) atoms. The lowest BCUT2D eigenvalue weighted by molar-refractivity contribution is -0.122. The van der Waals surface area contributed by atoms with E-state index in [1.54, 1.807) is 23.8 Å². The average molecular weight is 345 g/mol. The van der Waals surface area contributed by atoms with Crippen molar-refractivity contribution >= 4 is 23.3 Å². The van der Waals surface area contributed by atoms with Crippen molar-refractivity contribution in [3.05, 3.63) is 41.2 Å². The van der Waals surface area contributed by atoms with E-state index in [2.05, 4.69) is 19.9 Å². The Morgan fingerprint density at radius 3 is 2.83 bits per heavy atom. The molecule has 2 aromatic heterocycles. The Morgan fingerprint density at radius 1 is 1.33 bits per heavy atom. The van der Waals surface area contributed by atoms with Crippen LogP contribution in [0.25, 0.3) is 0 Å². The Morgan fingerprint density at radius 2 is 2.17 bits per heavy atom. The molecule has 126 valence electrons. The Bertz CT molecular complexity index is 671. The summed E-state index contributed by atoms with van der Waals surface area (Å²) in [4.78, 5) is 30.5. The van der Waals surface area contributed by atoms with Gasteiger partial charge in [0.2, 0.25) is 5.91 Å². The molecule has 2 amide bonds. The van der Waals surface area contributed by atoms with Crippen LogP contribution in [0.1, 0.15) is 41.7 Å². The van der Waals surface area contributed by atoms with Gasteiger partial charge in [0, 0.05) is 30.4 Å². The number of nitrogens with zero attached hydrogens (tertiary/aromatic N) is 4. The van der Waals surface area contributed by atoms with Crippen LogP contribution in [-0.4, -0.2) is 43.9 Å². The normalized spacial score (nSPS) is 14.5. The van der Waals surface area contributed by atoms with E-state index in [0.717, 1.165) is 42.8 Å². The Balaban J connectivity index is 1.68. The van der Waals surface area contributed by atoms with Crippen molar-refractivity contribution in [2.75, 3.05) is 6.54 Å². The second-order valence-corrected chi connectivity index (χ2v) is 6.47. The minimum Gasteiger partial charge on any atom is -0.352 e. The van der Waals surface area contributed by atoms with Crippen molar-refractivity contribution in [3.63, 3.8) is 0 Å². The van der Waals surface area contributed by atoms with Crippen LogP contribution in [-0.2, 0) is 11.3 Å². The fraction of sp³-hybridized carbons (Fsp3) is 0.438. The third kappa shape index (κ3) is 4.35. The molecule has 1 N–H and O–H groups in total. The fourth-order valence-corrected chi connectivity index (χ4v) is 3.28. The van der Waals surface area contributed by atoms with Crippen molar-refractivity contribution < 1.29 is 9.59 Å².